The predicted molar refractivity (Wildman–Crippen MR) is 79.0 cm³/mol. The van der Waals surface area contributed by atoms with Crippen molar-refractivity contribution in [3.05, 3.63) is 49.7 Å². The molecule has 0 aliphatic heterocycles. The largest absolute Gasteiger partial charge is 0.444 e. The lowest BCUT2D eigenvalue weighted by Crippen LogP contribution is -2.00. The highest BCUT2D eigenvalue weighted by molar-refractivity contribution is 14.1. The summed E-state index contributed by atoms with van der Waals surface area (Å²) in [4.78, 5) is 14.4. The Morgan fingerprint density at radius 2 is 2.32 bits per heavy atom. The summed E-state index contributed by atoms with van der Waals surface area (Å²) >= 11 is 1.95. The number of aryl methyl sites for hydroxylation is 1. The highest BCUT2D eigenvalue weighted by Crippen LogP contribution is 2.24. The van der Waals surface area contributed by atoms with Gasteiger partial charge in [-0.3, -0.25) is 10.1 Å². The quantitative estimate of drug-likeness (QED) is 0.494. The van der Waals surface area contributed by atoms with Crippen molar-refractivity contribution in [3.8, 4) is 0 Å². The van der Waals surface area contributed by atoms with Crippen LogP contribution in [-0.2, 0) is 13.0 Å². The van der Waals surface area contributed by atoms with Crippen molar-refractivity contribution in [1.82, 2.24) is 4.98 Å². The fourth-order valence-corrected chi connectivity index (χ4v) is 2.25. The average molecular weight is 373 g/mol. The molecule has 2 rings (SSSR count). The van der Waals surface area contributed by atoms with E-state index in [0.717, 1.165) is 17.9 Å². The summed E-state index contributed by atoms with van der Waals surface area (Å²) in [5.74, 6) is 1.44. The summed E-state index contributed by atoms with van der Waals surface area (Å²) in [7, 11) is 0. The first-order valence-electron chi connectivity index (χ1n) is 5.71. The Kier molecular flexibility index (Phi) is 4.35. The molecule has 0 atom stereocenters. The van der Waals surface area contributed by atoms with Crippen LogP contribution in [0.25, 0.3) is 0 Å². The van der Waals surface area contributed by atoms with Crippen molar-refractivity contribution in [3.63, 3.8) is 0 Å². The molecule has 0 unspecified atom stereocenters. The average Bonchev–Trinajstić information content (AvgIpc) is 2.84. The normalized spacial score (nSPS) is 10.4. The smallest absolute Gasteiger partial charge is 0.282 e. The van der Waals surface area contributed by atoms with Gasteiger partial charge in [-0.2, -0.15) is 0 Å². The van der Waals surface area contributed by atoms with Gasteiger partial charge in [0.05, 0.1) is 21.2 Å². The summed E-state index contributed by atoms with van der Waals surface area (Å²) in [6, 6.07) is 4.88. The minimum atomic E-state index is -0.396. The first-order valence-corrected chi connectivity index (χ1v) is 6.79. The summed E-state index contributed by atoms with van der Waals surface area (Å²) in [6.07, 6.45) is 2.51. The molecule has 0 aliphatic carbocycles. The fraction of sp³-hybridized carbons (Fsp3) is 0.250. The molecule has 100 valence electrons. The van der Waals surface area contributed by atoms with Gasteiger partial charge >= 0.3 is 0 Å². The maximum atomic E-state index is 10.7. The minimum Gasteiger partial charge on any atom is -0.444 e. The third-order valence-corrected chi connectivity index (χ3v) is 3.40. The summed E-state index contributed by atoms with van der Waals surface area (Å²) in [5, 5.41) is 13.8. The second-order valence-electron chi connectivity index (χ2n) is 3.85. The molecular weight excluding hydrogens is 361 g/mol. The second kappa shape index (κ2) is 6.00. The van der Waals surface area contributed by atoms with Crippen molar-refractivity contribution in [1.29, 1.82) is 0 Å². The van der Waals surface area contributed by atoms with Crippen molar-refractivity contribution in [2.24, 2.45) is 0 Å². The lowest BCUT2D eigenvalue weighted by atomic mass is 10.3. The monoisotopic (exact) mass is 373 g/mol. The zero-order chi connectivity index (χ0) is 13.8. The molecule has 1 aromatic heterocycles. The van der Waals surface area contributed by atoms with E-state index in [4.69, 9.17) is 4.42 Å². The second-order valence-corrected chi connectivity index (χ2v) is 5.01. The van der Waals surface area contributed by atoms with Crippen LogP contribution in [0.4, 0.5) is 11.4 Å². The molecule has 6 nitrogen and oxygen atoms in total. The molecule has 0 aliphatic rings. The Balaban J connectivity index is 2.03. The molecule has 1 N–H and O–H groups in total. The van der Waals surface area contributed by atoms with Gasteiger partial charge in [0.25, 0.3) is 5.69 Å². The van der Waals surface area contributed by atoms with Crippen LogP contribution in [-0.4, -0.2) is 9.91 Å². The molecule has 2 aromatic rings. The molecule has 1 aromatic carbocycles. The molecule has 0 bridgehead atoms. The SMILES string of the molecule is CCc1cnc(CNc2ccc([N+](=O)[O-])c(I)c2)o1. The number of hydrogen-bond acceptors (Lipinski definition) is 5. The molecule has 0 saturated carbocycles. The van der Waals surface area contributed by atoms with Crippen LogP contribution in [0.3, 0.4) is 0 Å². The van der Waals surface area contributed by atoms with E-state index in [9.17, 15) is 10.1 Å². The number of benzene rings is 1. The van der Waals surface area contributed by atoms with Gasteiger partial charge in [-0.15, -0.1) is 0 Å². The van der Waals surface area contributed by atoms with Crippen LogP contribution in [0.1, 0.15) is 18.6 Å². The molecule has 0 saturated heterocycles. The number of hydrogen-bond donors (Lipinski definition) is 1. The van der Waals surface area contributed by atoms with Crippen LogP contribution in [0.5, 0.6) is 0 Å². The highest BCUT2D eigenvalue weighted by atomic mass is 127. The van der Waals surface area contributed by atoms with E-state index >= 15 is 0 Å². The summed E-state index contributed by atoms with van der Waals surface area (Å²) in [6.45, 7) is 2.45. The molecule has 0 spiro atoms. The number of nitrogens with one attached hydrogen (secondary N) is 1. The lowest BCUT2D eigenvalue weighted by Gasteiger charge is -2.04. The topological polar surface area (TPSA) is 81.2 Å². The Morgan fingerprint density at radius 3 is 2.89 bits per heavy atom. The maximum absolute atomic E-state index is 10.7. The third-order valence-electron chi connectivity index (χ3n) is 2.54. The molecule has 0 amide bonds. The minimum absolute atomic E-state index is 0.107. The Labute approximate surface area is 123 Å². The number of nitro benzene ring substituents is 1. The van der Waals surface area contributed by atoms with Crippen molar-refractivity contribution < 1.29 is 9.34 Å². The number of nitrogens with zero attached hydrogens (tertiary/aromatic N) is 2. The van der Waals surface area contributed by atoms with E-state index in [1.807, 2.05) is 29.5 Å². The zero-order valence-corrected chi connectivity index (χ0v) is 12.4. The Morgan fingerprint density at radius 1 is 1.53 bits per heavy atom. The van der Waals surface area contributed by atoms with Gasteiger partial charge in [-0.25, -0.2) is 4.98 Å². The summed E-state index contributed by atoms with van der Waals surface area (Å²) in [5.41, 5.74) is 0.904. The van der Waals surface area contributed by atoms with E-state index in [0.29, 0.717) is 16.0 Å². The Bertz CT molecular complexity index is 598. The van der Waals surface area contributed by atoms with E-state index in [-0.39, 0.29) is 5.69 Å². The van der Waals surface area contributed by atoms with Gasteiger partial charge < -0.3 is 9.73 Å². The lowest BCUT2D eigenvalue weighted by molar-refractivity contribution is -0.385. The van der Waals surface area contributed by atoms with Crippen molar-refractivity contribution in [2.45, 2.75) is 19.9 Å². The molecule has 1 heterocycles. The van der Waals surface area contributed by atoms with Crippen LogP contribution < -0.4 is 5.32 Å². The van der Waals surface area contributed by atoms with Gasteiger partial charge in [0, 0.05) is 18.2 Å². The number of anilines is 1. The van der Waals surface area contributed by atoms with Crippen LogP contribution >= 0.6 is 22.6 Å². The van der Waals surface area contributed by atoms with Crippen LogP contribution in [0.2, 0.25) is 0 Å². The summed E-state index contributed by atoms with van der Waals surface area (Å²) < 4.78 is 6.05. The molecular formula is C12H12IN3O3. The maximum Gasteiger partial charge on any atom is 0.282 e. The van der Waals surface area contributed by atoms with Crippen LogP contribution in [0, 0.1) is 13.7 Å². The Hall–Kier alpha value is -1.64. The van der Waals surface area contributed by atoms with Crippen molar-refractivity contribution >= 4 is 34.0 Å². The molecule has 7 heteroatoms. The van der Waals surface area contributed by atoms with Crippen molar-refractivity contribution in [2.75, 3.05) is 5.32 Å². The van der Waals surface area contributed by atoms with E-state index in [1.165, 1.54) is 6.07 Å². The van der Waals surface area contributed by atoms with Crippen LogP contribution in [0.15, 0.2) is 28.8 Å². The number of nitro groups is 1. The zero-order valence-electron chi connectivity index (χ0n) is 10.2. The number of halogens is 1. The molecule has 19 heavy (non-hydrogen) atoms. The first kappa shape index (κ1) is 13.8. The van der Waals surface area contributed by atoms with Gasteiger partial charge in [-0.1, -0.05) is 6.92 Å². The van der Waals surface area contributed by atoms with E-state index in [1.54, 1.807) is 18.3 Å². The van der Waals surface area contributed by atoms with Gasteiger partial charge in [0.15, 0.2) is 0 Å². The molecule has 0 fully saturated rings. The fourth-order valence-electron chi connectivity index (χ4n) is 1.54. The van der Waals surface area contributed by atoms with Gasteiger partial charge in [0.1, 0.15) is 5.76 Å². The number of oxazole rings is 1. The number of rotatable bonds is 5. The highest BCUT2D eigenvalue weighted by Gasteiger charge is 2.11. The predicted octanol–water partition coefficient (Wildman–Crippen LogP) is 3.36. The van der Waals surface area contributed by atoms with E-state index in [2.05, 4.69) is 10.3 Å². The standard InChI is InChI=1S/C12H12IN3O3/c1-2-9-6-15-12(19-9)7-14-8-3-4-11(16(17)18)10(13)5-8/h3-6,14H,2,7H2,1H3. The third kappa shape index (κ3) is 3.43. The number of aromatic nitrogens is 1. The van der Waals surface area contributed by atoms with E-state index < -0.39 is 4.92 Å². The first-order chi connectivity index (χ1) is 9.10. The van der Waals surface area contributed by atoms with Gasteiger partial charge in [0.2, 0.25) is 5.89 Å². The van der Waals surface area contributed by atoms with Gasteiger partial charge in [-0.05, 0) is 34.7 Å². The molecule has 0 radical (unpaired) electrons.